The topological polar surface area (TPSA) is 113 Å². The molecule has 0 radical (unpaired) electrons. The van der Waals surface area contributed by atoms with E-state index in [0.29, 0.717) is 11.6 Å². The van der Waals surface area contributed by atoms with Crippen molar-refractivity contribution < 1.29 is 19.6 Å². The third kappa shape index (κ3) is 4.66. The van der Waals surface area contributed by atoms with Crippen molar-refractivity contribution in [2.24, 2.45) is 5.92 Å². The highest BCUT2D eigenvalue weighted by molar-refractivity contribution is 6.38. The summed E-state index contributed by atoms with van der Waals surface area (Å²) in [6, 6.07) is 6.52. The Kier molecular flexibility index (Phi) is 6.48. The van der Waals surface area contributed by atoms with E-state index < -0.39 is 16.8 Å². The predicted octanol–water partition coefficient (Wildman–Crippen LogP) is 5.09. The number of rotatable bonds is 5. The third-order valence-electron chi connectivity index (χ3n) is 5.10. The standard InChI is InChI=1S/C20H19Cl2N3O5/c1-11-4-6-24(7-5-11)18-3-2-12(25(29)30)8-14(18)19(26)23-17-9-13(20(27)28)15(21)10-16(17)22/h2-3,8-11H,4-7H2,1H3,(H,23,26)(H,27,28). The molecule has 0 spiro atoms. The number of hydrogen-bond acceptors (Lipinski definition) is 5. The van der Waals surface area contributed by atoms with E-state index in [4.69, 9.17) is 23.2 Å². The average molecular weight is 452 g/mol. The van der Waals surface area contributed by atoms with E-state index in [2.05, 4.69) is 12.2 Å². The summed E-state index contributed by atoms with van der Waals surface area (Å²) in [5.41, 5.74) is 0.298. The minimum Gasteiger partial charge on any atom is -0.478 e. The van der Waals surface area contributed by atoms with Crippen molar-refractivity contribution in [2.45, 2.75) is 19.8 Å². The van der Waals surface area contributed by atoms with Gasteiger partial charge in [0.2, 0.25) is 0 Å². The summed E-state index contributed by atoms with van der Waals surface area (Å²) >= 11 is 12.0. The van der Waals surface area contributed by atoms with Gasteiger partial charge in [0.05, 0.1) is 37.5 Å². The second kappa shape index (κ2) is 8.89. The first-order chi connectivity index (χ1) is 14.2. The molecule has 2 aromatic carbocycles. The van der Waals surface area contributed by atoms with Gasteiger partial charge in [-0.15, -0.1) is 0 Å². The van der Waals surface area contributed by atoms with Gasteiger partial charge in [-0.2, -0.15) is 0 Å². The molecule has 0 aromatic heterocycles. The maximum absolute atomic E-state index is 13.0. The van der Waals surface area contributed by atoms with Gasteiger partial charge in [-0.1, -0.05) is 30.1 Å². The monoisotopic (exact) mass is 451 g/mol. The number of anilines is 2. The van der Waals surface area contributed by atoms with E-state index in [0.717, 1.165) is 32.0 Å². The van der Waals surface area contributed by atoms with E-state index in [9.17, 15) is 24.8 Å². The quantitative estimate of drug-likeness (QED) is 0.483. The van der Waals surface area contributed by atoms with Gasteiger partial charge in [-0.05, 0) is 37.0 Å². The van der Waals surface area contributed by atoms with Crippen LogP contribution in [0.1, 0.15) is 40.5 Å². The zero-order valence-corrected chi connectivity index (χ0v) is 17.5. The Morgan fingerprint density at radius 2 is 1.80 bits per heavy atom. The number of aromatic carboxylic acids is 1. The lowest BCUT2D eigenvalue weighted by molar-refractivity contribution is -0.384. The fraction of sp³-hybridized carbons (Fsp3) is 0.300. The van der Waals surface area contributed by atoms with Crippen LogP contribution in [0, 0.1) is 16.0 Å². The van der Waals surface area contributed by atoms with Crippen LogP contribution < -0.4 is 10.2 Å². The van der Waals surface area contributed by atoms with Crippen LogP contribution in [0.2, 0.25) is 10.0 Å². The molecule has 0 aliphatic carbocycles. The molecule has 158 valence electrons. The number of carbonyl (C=O) groups is 2. The molecule has 8 nitrogen and oxygen atoms in total. The molecule has 0 unspecified atom stereocenters. The van der Waals surface area contributed by atoms with Gasteiger partial charge in [0.25, 0.3) is 11.6 Å². The number of amides is 1. The van der Waals surface area contributed by atoms with Crippen molar-refractivity contribution in [3.05, 3.63) is 61.6 Å². The molecule has 2 N–H and O–H groups in total. The second-order valence-corrected chi connectivity index (χ2v) is 8.01. The van der Waals surface area contributed by atoms with Gasteiger partial charge in [0, 0.05) is 25.2 Å². The zero-order valence-electron chi connectivity index (χ0n) is 16.0. The molecule has 0 bridgehead atoms. The molecule has 1 aliphatic rings. The van der Waals surface area contributed by atoms with Crippen LogP contribution in [-0.2, 0) is 0 Å². The number of carbonyl (C=O) groups excluding carboxylic acids is 1. The van der Waals surface area contributed by atoms with Gasteiger partial charge >= 0.3 is 5.97 Å². The molecular formula is C20H19Cl2N3O5. The maximum atomic E-state index is 13.0. The predicted molar refractivity (Wildman–Crippen MR) is 115 cm³/mol. The molecule has 10 heteroatoms. The molecule has 1 fully saturated rings. The number of nitrogens with one attached hydrogen (secondary N) is 1. The molecule has 1 heterocycles. The van der Waals surface area contributed by atoms with E-state index in [1.54, 1.807) is 6.07 Å². The van der Waals surface area contributed by atoms with Crippen molar-refractivity contribution in [3.63, 3.8) is 0 Å². The summed E-state index contributed by atoms with van der Waals surface area (Å²) in [5.74, 6) is -1.34. The van der Waals surface area contributed by atoms with Gasteiger partial charge in [-0.3, -0.25) is 14.9 Å². The van der Waals surface area contributed by atoms with Crippen LogP contribution in [0.25, 0.3) is 0 Å². The number of carboxylic acids is 1. The average Bonchev–Trinajstić information content (AvgIpc) is 2.69. The Morgan fingerprint density at radius 1 is 1.13 bits per heavy atom. The highest BCUT2D eigenvalue weighted by Gasteiger charge is 2.24. The molecule has 1 saturated heterocycles. The van der Waals surface area contributed by atoms with Gasteiger partial charge in [0.15, 0.2) is 0 Å². The fourth-order valence-electron chi connectivity index (χ4n) is 3.34. The van der Waals surface area contributed by atoms with Gasteiger partial charge in [0.1, 0.15) is 0 Å². The molecule has 30 heavy (non-hydrogen) atoms. The van der Waals surface area contributed by atoms with Crippen molar-refractivity contribution >= 4 is 52.1 Å². The lowest BCUT2D eigenvalue weighted by Gasteiger charge is -2.33. The summed E-state index contributed by atoms with van der Waals surface area (Å²) in [4.78, 5) is 37.0. The Balaban J connectivity index is 1.98. The number of non-ortho nitro benzene ring substituents is 1. The van der Waals surface area contributed by atoms with E-state index in [1.807, 2.05) is 4.90 Å². The van der Waals surface area contributed by atoms with Crippen molar-refractivity contribution in [1.29, 1.82) is 0 Å². The summed E-state index contributed by atoms with van der Waals surface area (Å²) in [5, 5.41) is 23.0. The summed E-state index contributed by atoms with van der Waals surface area (Å²) < 4.78 is 0. The van der Waals surface area contributed by atoms with Crippen LogP contribution in [0.4, 0.5) is 17.1 Å². The van der Waals surface area contributed by atoms with E-state index in [1.165, 1.54) is 18.2 Å². The zero-order chi connectivity index (χ0) is 22.0. The molecular weight excluding hydrogens is 433 g/mol. The number of carboxylic acid groups (broad SMARTS) is 1. The molecule has 1 aliphatic heterocycles. The number of hydrogen-bond donors (Lipinski definition) is 2. The lowest BCUT2D eigenvalue weighted by Crippen LogP contribution is -2.34. The largest absolute Gasteiger partial charge is 0.478 e. The van der Waals surface area contributed by atoms with E-state index >= 15 is 0 Å². The molecule has 2 aromatic rings. The van der Waals surface area contributed by atoms with Crippen molar-refractivity contribution in [1.82, 2.24) is 0 Å². The fourth-order valence-corrected chi connectivity index (χ4v) is 3.85. The van der Waals surface area contributed by atoms with Crippen LogP contribution in [-0.4, -0.2) is 35.0 Å². The van der Waals surface area contributed by atoms with Crippen molar-refractivity contribution in [3.8, 4) is 0 Å². The second-order valence-electron chi connectivity index (χ2n) is 7.20. The van der Waals surface area contributed by atoms with Gasteiger partial charge in [-0.25, -0.2) is 4.79 Å². The first-order valence-corrected chi connectivity index (χ1v) is 10.00. The number of piperidine rings is 1. The number of benzene rings is 2. The van der Waals surface area contributed by atoms with Crippen LogP contribution in [0.5, 0.6) is 0 Å². The molecule has 0 atom stereocenters. The Hall–Kier alpha value is -2.84. The Labute approximate surface area is 182 Å². The highest BCUT2D eigenvalue weighted by atomic mass is 35.5. The third-order valence-corrected chi connectivity index (χ3v) is 5.72. The first-order valence-electron chi connectivity index (χ1n) is 9.24. The van der Waals surface area contributed by atoms with Crippen molar-refractivity contribution in [2.75, 3.05) is 23.3 Å². The van der Waals surface area contributed by atoms with Crippen LogP contribution in [0.15, 0.2) is 30.3 Å². The number of nitro groups is 1. The molecule has 1 amide bonds. The first kappa shape index (κ1) is 21.9. The van der Waals surface area contributed by atoms with Crippen LogP contribution in [0.3, 0.4) is 0 Å². The van der Waals surface area contributed by atoms with E-state index in [-0.39, 0.29) is 32.5 Å². The number of nitrogens with zero attached hydrogens (tertiary/aromatic N) is 2. The molecule has 3 rings (SSSR count). The Bertz CT molecular complexity index is 1020. The normalized spacial score (nSPS) is 14.4. The minimum absolute atomic E-state index is 0.0492. The Morgan fingerprint density at radius 3 is 2.40 bits per heavy atom. The summed E-state index contributed by atoms with van der Waals surface area (Å²) in [6.07, 6.45) is 1.89. The number of nitro benzene ring substituents is 1. The molecule has 0 saturated carbocycles. The lowest BCUT2D eigenvalue weighted by atomic mass is 9.97. The summed E-state index contributed by atoms with van der Waals surface area (Å²) in [6.45, 7) is 3.61. The van der Waals surface area contributed by atoms with Crippen LogP contribution >= 0.6 is 23.2 Å². The number of halogens is 2. The SMILES string of the molecule is CC1CCN(c2ccc([N+](=O)[O-])cc2C(=O)Nc2cc(C(=O)O)c(Cl)cc2Cl)CC1. The minimum atomic E-state index is -1.27. The highest BCUT2D eigenvalue weighted by Crippen LogP contribution is 2.33. The maximum Gasteiger partial charge on any atom is 0.337 e. The summed E-state index contributed by atoms with van der Waals surface area (Å²) in [7, 11) is 0. The van der Waals surface area contributed by atoms with Gasteiger partial charge < -0.3 is 15.3 Å². The smallest absolute Gasteiger partial charge is 0.337 e.